The molecule has 1 spiro atoms. The van der Waals surface area contributed by atoms with E-state index in [2.05, 4.69) is 16.7 Å². The topological polar surface area (TPSA) is 123 Å². The number of amides is 4. The van der Waals surface area contributed by atoms with Crippen molar-refractivity contribution in [1.82, 2.24) is 15.1 Å². The second-order valence-electron chi connectivity index (χ2n) is 11.3. The number of likely N-dealkylation sites (tertiary alicyclic amines) is 1. The summed E-state index contributed by atoms with van der Waals surface area (Å²) < 4.78 is 13.8. The molecule has 1 aliphatic carbocycles. The van der Waals surface area contributed by atoms with E-state index < -0.39 is 46.9 Å². The standard InChI is InChI=1S/C28H34FN5O4/c1-16(2)10-22(33(5)24(36)17(3)31-23(35)18-11-27(4,29)12-18)25(37)34-15-28(13-19(34)14-30)20-8-6-7-9-21(20)32-26(28)38/h6-9,11,16-17,19,22H,10,12-13,15H2,1-5H3,(H,31,35)(H,32,38)/t17-,19-,22-,27?,28-/m0/s1. The van der Waals surface area contributed by atoms with E-state index in [1.165, 1.54) is 36.8 Å². The van der Waals surface area contributed by atoms with Gasteiger partial charge in [-0.3, -0.25) is 19.2 Å². The van der Waals surface area contributed by atoms with Crippen LogP contribution < -0.4 is 10.6 Å². The second kappa shape index (κ2) is 9.86. The Hall–Kier alpha value is -3.74. The number of carbonyl (C=O) groups is 4. The van der Waals surface area contributed by atoms with Gasteiger partial charge in [0, 0.05) is 37.7 Å². The molecule has 202 valence electrons. The fraction of sp³-hybridized carbons (Fsp3) is 0.536. The highest BCUT2D eigenvalue weighted by Gasteiger charge is 2.56. The minimum atomic E-state index is -1.52. The Bertz CT molecular complexity index is 1250. The molecule has 9 nitrogen and oxygen atoms in total. The number of para-hydroxylation sites is 1. The quantitative estimate of drug-likeness (QED) is 0.568. The minimum absolute atomic E-state index is 0.0208. The zero-order valence-corrected chi connectivity index (χ0v) is 22.4. The number of rotatable bonds is 7. The monoisotopic (exact) mass is 523 g/mol. The van der Waals surface area contributed by atoms with Crippen LogP contribution in [0.5, 0.6) is 0 Å². The molecule has 0 bridgehead atoms. The molecular weight excluding hydrogens is 489 g/mol. The van der Waals surface area contributed by atoms with Gasteiger partial charge in [0.15, 0.2) is 0 Å². The fourth-order valence-electron chi connectivity index (χ4n) is 5.71. The molecule has 1 unspecified atom stereocenters. The summed E-state index contributed by atoms with van der Waals surface area (Å²) >= 11 is 0. The third-order valence-electron chi connectivity index (χ3n) is 7.73. The Balaban J connectivity index is 1.54. The lowest BCUT2D eigenvalue weighted by Gasteiger charge is -2.35. The molecule has 4 rings (SSSR count). The van der Waals surface area contributed by atoms with Crippen LogP contribution in [0.15, 0.2) is 35.9 Å². The van der Waals surface area contributed by atoms with Gasteiger partial charge in [-0.15, -0.1) is 0 Å². The maximum absolute atomic E-state index is 13.9. The first kappa shape index (κ1) is 27.3. The van der Waals surface area contributed by atoms with Gasteiger partial charge in [-0.25, -0.2) is 4.39 Å². The van der Waals surface area contributed by atoms with Crippen LogP contribution in [0.4, 0.5) is 10.1 Å². The number of alkyl halides is 1. The van der Waals surface area contributed by atoms with Gasteiger partial charge in [-0.05, 0) is 43.9 Å². The molecule has 1 saturated heterocycles. The van der Waals surface area contributed by atoms with E-state index in [0.29, 0.717) is 12.1 Å². The zero-order chi connectivity index (χ0) is 28.0. The number of anilines is 1. The number of nitriles is 1. The molecular formula is C28H34FN5O4. The molecule has 3 aliphatic rings. The van der Waals surface area contributed by atoms with Gasteiger partial charge in [0.25, 0.3) is 0 Å². The van der Waals surface area contributed by atoms with Crippen molar-refractivity contribution in [2.75, 3.05) is 18.9 Å². The van der Waals surface area contributed by atoms with E-state index >= 15 is 0 Å². The van der Waals surface area contributed by atoms with Crippen LogP contribution in [0.2, 0.25) is 0 Å². The van der Waals surface area contributed by atoms with Crippen LogP contribution in [0.25, 0.3) is 0 Å². The highest BCUT2D eigenvalue weighted by Crippen LogP contribution is 2.46. The zero-order valence-electron chi connectivity index (χ0n) is 22.4. The predicted molar refractivity (Wildman–Crippen MR) is 138 cm³/mol. The number of hydrogen-bond donors (Lipinski definition) is 2. The van der Waals surface area contributed by atoms with Gasteiger partial charge in [-0.2, -0.15) is 5.26 Å². The first-order valence-electron chi connectivity index (χ1n) is 12.9. The van der Waals surface area contributed by atoms with Crippen LogP contribution in [0.3, 0.4) is 0 Å². The van der Waals surface area contributed by atoms with E-state index in [1.54, 1.807) is 6.07 Å². The number of carbonyl (C=O) groups excluding carboxylic acids is 4. The van der Waals surface area contributed by atoms with Crippen molar-refractivity contribution >= 4 is 29.3 Å². The number of halogens is 1. The van der Waals surface area contributed by atoms with E-state index in [0.717, 1.165) is 5.56 Å². The average Bonchev–Trinajstić information content (AvgIpc) is 3.37. The van der Waals surface area contributed by atoms with Crippen LogP contribution >= 0.6 is 0 Å². The number of fused-ring (bicyclic) bond motifs is 2. The van der Waals surface area contributed by atoms with Crippen LogP contribution in [-0.2, 0) is 24.6 Å². The maximum Gasteiger partial charge on any atom is 0.247 e. The Kier molecular flexibility index (Phi) is 7.08. The molecule has 2 N–H and O–H groups in total. The maximum atomic E-state index is 13.9. The number of nitrogens with one attached hydrogen (secondary N) is 2. The predicted octanol–water partition coefficient (Wildman–Crippen LogP) is 2.44. The summed E-state index contributed by atoms with van der Waals surface area (Å²) in [4.78, 5) is 55.5. The first-order chi connectivity index (χ1) is 17.8. The van der Waals surface area contributed by atoms with Crippen molar-refractivity contribution in [1.29, 1.82) is 5.26 Å². The van der Waals surface area contributed by atoms with E-state index in [9.17, 15) is 28.8 Å². The highest BCUT2D eigenvalue weighted by atomic mass is 19.1. The summed E-state index contributed by atoms with van der Waals surface area (Å²) in [6.45, 7) is 6.78. The molecule has 0 radical (unpaired) electrons. The van der Waals surface area contributed by atoms with Gasteiger partial charge in [0.05, 0.1) is 11.5 Å². The summed E-state index contributed by atoms with van der Waals surface area (Å²) in [5.74, 6) is -1.61. The van der Waals surface area contributed by atoms with E-state index in [-0.39, 0.29) is 36.8 Å². The van der Waals surface area contributed by atoms with E-state index in [4.69, 9.17) is 0 Å². The van der Waals surface area contributed by atoms with Gasteiger partial charge in [0.2, 0.25) is 23.6 Å². The van der Waals surface area contributed by atoms with Crippen molar-refractivity contribution < 1.29 is 23.6 Å². The molecule has 2 aliphatic heterocycles. The Morgan fingerprint density at radius 1 is 1.29 bits per heavy atom. The molecule has 1 fully saturated rings. The largest absolute Gasteiger partial charge is 0.341 e. The number of likely N-dealkylation sites (N-methyl/N-ethyl adjacent to an activating group) is 1. The average molecular weight is 524 g/mol. The van der Waals surface area contributed by atoms with Gasteiger partial charge < -0.3 is 20.4 Å². The molecule has 4 amide bonds. The summed E-state index contributed by atoms with van der Waals surface area (Å²) in [5.41, 5.74) is -0.834. The first-order valence-corrected chi connectivity index (χ1v) is 12.9. The molecule has 10 heteroatoms. The van der Waals surface area contributed by atoms with E-state index in [1.807, 2.05) is 32.0 Å². The summed E-state index contributed by atoms with van der Waals surface area (Å²) in [6, 6.07) is 6.77. The lowest BCUT2D eigenvalue weighted by atomic mass is 9.80. The number of allylic oxidation sites excluding steroid dienone is 1. The smallest absolute Gasteiger partial charge is 0.247 e. The van der Waals surface area contributed by atoms with Gasteiger partial charge >= 0.3 is 0 Å². The normalized spacial score (nSPS) is 27.1. The molecule has 2 heterocycles. The molecule has 0 aromatic heterocycles. The Morgan fingerprint density at radius 3 is 2.55 bits per heavy atom. The van der Waals surface area contributed by atoms with Crippen LogP contribution in [-0.4, -0.2) is 70.8 Å². The number of benzene rings is 1. The summed E-state index contributed by atoms with van der Waals surface area (Å²) in [7, 11) is 1.50. The number of nitrogens with zero attached hydrogens (tertiary/aromatic N) is 3. The lowest BCUT2D eigenvalue weighted by molar-refractivity contribution is -0.146. The van der Waals surface area contributed by atoms with Crippen molar-refractivity contribution in [2.45, 2.75) is 76.2 Å². The number of hydrogen-bond acceptors (Lipinski definition) is 5. The summed E-state index contributed by atoms with van der Waals surface area (Å²) in [6.07, 6.45) is 1.71. The molecule has 1 aromatic carbocycles. The highest BCUT2D eigenvalue weighted by molar-refractivity contribution is 6.07. The Morgan fingerprint density at radius 2 is 1.95 bits per heavy atom. The second-order valence-corrected chi connectivity index (χ2v) is 11.3. The summed E-state index contributed by atoms with van der Waals surface area (Å²) in [5, 5.41) is 15.4. The molecule has 0 saturated carbocycles. The van der Waals surface area contributed by atoms with Gasteiger partial charge in [0.1, 0.15) is 23.8 Å². The van der Waals surface area contributed by atoms with Crippen LogP contribution in [0.1, 0.15) is 52.5 Å². The molecule has 38 heavy (non-hydrogen) atoms. The van der Waals surface area contributed by atoms with Crippen molar-refractivity contribution in [3.63, 3.8) is 0 Å². The Labute approximate surface area is 222 Å². The minimum Gasteiger partial charge on any atom is -0.341 e. The van der Waals surface area contributed by atoms with Crippen molar-refractivity contribution in [3.05, 3.63) is 41.5 Å². The van der Waals surface area contributed by atoms with Crippen LogP contribution in [0, 0.1) is 17.2 Å². The third-order valence-corrected chi connectivity index (χ3v) is 7.73. The van der Waals surface area contributed by atoms with Crippen molar-refractivity contribution in [3.8, 4) is 6.07 Å². The molecule has 1 aromatic rings. The van der Waals surface area contributed by atoms with Gasteiger partial charge in [-0.1, -0.05) is 32.0 Å². The molecule has 5 atom stereocenters. The SMILES string of the molecule is CC(C)C[C@@H](C(=O)N1C[C@]2(C[C@H]1C#N)C(=O)Nc1ccccc12)N(C)C(=O)[C@H](C)NC(=O)C1=CC(C)(F)C1. The lowest BCUT2D eigenvalue weighted by Crippen LogP contribution is -2.56. The fourth-order valence-corrected chi connectivity index (χ4v) is 5.71. The van der Waals surface area contributed by atoms with Crippen molar-refractivity contribution in [2.24, 2.45) is 5.92 Å². The third kappa shape index (κ3) is 4.77.